The summed E-state index contributed by atoms with van der Waals surface area (Å²) >= 11 is 6.15. The first-order valence-electron chi connectivity index (χ1n) is 20.9. The molecular weight excluding hydrogens is 810 g/mol. The van der Waals surface area contributed by atoms with E-state index in [-0.39, 0.29) is 36.8 Å². The molecule has 3 aliphatic rings. The third kappa shape index (κ3) is 8.69. The van der Waals surface area contributed by atoms with Gasteiger partial charge in [0.25, 0.3) is 11.5 Å². The molecule has 318 valence electrons. The molecule has 1 aliphatic carbocycles. The number of piperidine rings is 1. The van der Waals surface area contributed by atoms with Gasteiger partial charge in [-0.2, -0.15) is 5.26 Å². The summed E-state index contributed by atoms with van der Waals surface area (Å²) in [6.07, 6.45) is 8.55. The van der Waals surface area contributed by atoms with Crippen LogP contribution < -0.4 is 30.0 Å². The van der Waals surface area contributed by atoms with Crippen molar-refractivity contribution in [2.24, 2.45) is 13.0 Å². The minimum Gasteiger partial charge on any atom is -0.493 e. The van der Waals surface area contributed by atoms with Crippen LogP contribution in [0.3, 0.4) is 0 Å². The van der Waals surface area contributed by atoms with E-state index in [2.05, 4.69) is 31.5 Å². The molecule has 0 bridgehead atoms. The Hall–Kier alpha value is -6.40. The van der Waals surface area contributed by atoms with Gasteiger partial charge in [-0.1, -0.05) is 17.7 Å². The normalized spacial score (nSPS) is 18.7. The van der Waals surface area contributed by atoms with Crippen LogP contribution in [0.1, 0.15) is 60.1 Å². The number of nitrogens with zero attached hydrogens (tertiary/aromatic N) is 5. The molecular formula is C47H46ClN7O7. The molecule has 5 heterocycles. The summed E-state index contributed by atoms with van der Waals surface area (Å²) in [5.74, 6) is 3.45. The molecule has 1 saturated carbocycles. The SMILES string of the molecule is Cn1cc(-c2cc(C3(O)COC3)ccc2Oc2ccc(OCC3CCN(c4ccc(C(=O)NC5CCC(Oc6ccc(C#N)c(Cl)c6)CC5)nn4)CC3)cc2)c2cc[nH]c2c1=O. The number of amides is 1. The van der Waals surface area contributed by atoms with E-state index in [1.807, 2.05) is 54.6 Å². The van der Waals surface area contributed by atoms with E-state index in [1.165, 1.54) is 0 Å². The number of carbonyl (C=O) groups excluding carboxylic acids is 1. The molecule has 14 nitrogen and oxygen atoms in total. The minimum absolute atomic E-state index is 0.0164. The van der Waals surface area contributed by atoms with E-state index in [1.54, 1.807) is 48.3 Å². The number of benzene rings is 3. The molecule has 1 amide bonds. The summed E-state index contributed by atoms with van der Waals surface area (Å²) in [6.45, 7) is 2.61. The highest BCUT2D eigenvalue weighted by Gasteiger charge is 2.38. The van der Waals surface area contributed by atoms with E-state index in [9.17, 15) is 14.7 Å². The van der Waals surface area contributed by atoms with Crippen LogP contribution >= 0.6 is 11.6 Å². The third-order valence-corrected chi connectivity index (χ3v) is 12.4. The highest BCUT2D eigenvalue weighted by molar-refractivity contribution is 6.31. The van der Waals surface area contributed by atoms with Gasteiger partial charge in [0.05, 0.1) is 36.5 Å². The van der Waals surface area contributed by atoms with Crippen LogP contribution in [-0.2, 0) is 17.4 Å². The van der Waals surface area contributed by atoms with Crippen molar-refractivity contribution >= 4 is 34.2 Å². The molecule has 0 spiro atoms. The van der Waals surface area contributed by atoms with E-state index >= 15 is 0 Å². The smallest absolute Gasteiger partial charge is 0.274 e. The summed E-state index contributed by atoms with van der Waals surface area (Å²) in [7, 11) is 1.72. The number of aryl methyl sites for hydroxylation is 1. The van der Waals surface area contributed by atoms with Crippen LogP contribution in [0.5, 0.6) is 23.0 Å². The van der Waals surface area contributed by atoms with Crippen molar-refractivity contribution in [2.75, 3.05) is 37.8 Å². The number of H-pyrrole nitrogens is 1. The van der Waals surface area contributed by atoms with Gasteiger partial charge in [-0.15, -0.1) is 10.2 Å². The number of fused-ring (bicyclic) bond motifs is 1. The number of anilines is 1. The summed E-state index contributed by atoms with van der Waals surface area (Å²) in [4.78, 5) is 31.1. The maximum Gasteiger partial charge on any atom is 0.274 e. The summed E-state index contributed by atoms with van der Waals surface area (Å²) in [6, 6.07) is 25.8. The van der Waals surface area contributed by atoms with E-state index in [4.69, 9.17) is 35.8 Å². The molecule has 0 unspecified atom stereocenters. The van der Waals surface area contributed by atoms with Gasteiger partial charge in [-0.25, -0.2) is 0 Å². The lowest BCUT2D eigenvalue weighted by Crippen LogP contribution is -2.46. The highest BCUT2D eigenvalue weighted by Crippen LogP contribution is 2.41. The standard InChI is InChI=1S/C47H46ClN7O7/c1-54-25-39(37-16-19-50-44(37)46(54)57)38-22-31(47(58)27-59-28-47)3-14-42(38)62-35-11-9-33(10-12-35)60-26-29-17-20-55(21-18-29)43-15-13-41(52-53-43)45(56)51-32-4-7-34(8-5-32)61-36-6-2-30(24-49)40(48)23-36/h2-3,6,9-16,19,22-23,25,29,32,34,50,58H,4-5,7-8,17-18,20-21,26-28H2,1H3,(H,51,56). The van der Waals surface area contributed by atoms with Crippen LogP contribution in [0.25, 0.3) is 22.0 Å². The van der Waals surface area contributed by atoms with Crippen molar-refractivity contribution in [3.8, 4) is 40.2 Å². The fourth-order valence-corrected chi connectivity index (χ4v) is 8.60. The topological polar surface area (TPSA) is 177 Å². The molecule has 3 N–H and O–H groups in total. The molecule has 3 aromatic carbocycles. The maximum absolute atomic E-state index is 13.0. The highest BCUT2D eigenvalue weighted by atomic mass is 35.5. The number of nitriles is 1. The molecule has 0 atom stereocenters. The van der Waals surface area contributed by atoms with Crippen molar-refractivity contribution < 1.29 is 28.8 Å². The van der Waals surface area contributed by atoms with Gasteiger partial charge in [0, 0.05) is 61.2 Å². The summed E-state index contributed by atoms with van der Waals surface area (Å²) in [5, 5.41) is 33.1. The molecule has 9 rings (SSSR count). The van der Waals surface area contributed by atoms with E-state index in [0.29, 0.717) is 51.6 Å². The molecule has 3 aromatic heterocycles. The predicted molar refractivity (Wildman–Crippen MR) is 233 cm³/mol. The van der Waals surface area contributed by atoms with Gasteiger partial charge in [-0.3, -0.25) is 9.59 Å². The second-order valence-electron chi connectivity index (χ2n) is 16.4. The number of aromatic nitrogens is 4. The Morgan fingerprint density at radius 1 is 0.952 bits per heavy atom. The minimum atomic E-state index is -1.08. The number of hydrogen-bond acceptors (Lipinski definition) is 11. The Bertz CT molecular complexity index is 2680. The van der Waals surface area contributed by atoms with E-state index < -0.39 is 5.60 Å². The van der Waals surface area contributed by atoms with Gasteiger partial charge >= 0.3 is 0 Å². The number of aromatic amines is 1. The Balaban J connectivity index is 0.746. The molecule has 62 heavy (non-hydrogen) atoms. The number of ether oxygens (including phenoxy) is 4. The quantitative estimate of drug-likeness (QED) is 0.113. The Morgan fingerprint density at radius 3 is 2.40 bits per heavy atom. The monoisotopic (exact) mass is 855 g/mol. The molecule has 2 saturated heterocycles. The van der Waals surface area contributed by atoms with Crippen molar-refractivity contribution in [3.05, 3.63) is 123 Å². The fourth-order valence-electron chi connectivity index (χ4n) is 8.39. The van der Waals surface area contributed by atoms with Crippen LogP contribution in [0, 0.1) is 17.2 Å². The number of pyridine rings is 1. The first-order chi connectivity index (χ1) is 30.1. The number of hydrogen-bond donors (Lipinski definition) is 3. The lowest BCUT2D eigenvalue weighted by molar-refractivity contribution is -0.184. The zero-order valence-corrected chi connectivity index (χ0v) is 34.9. The van der Waals surface area contributed by atoms with Crippen LogP contribution in [-0.4, -0.2) is 75.8 Å². The first kappa shape index (κ1) is 41.0. The summed E-state index contributed by atoms with van der Waals surface area (Å²) in [5.41, 5.74) is 2.25. The second kappa shape index (κ2) is 17.5. The van der Waals surface area contributed by atoms with Crippen LogP contribution in [0.4, 0.5) is 5.82 Å². The Labute approximate surface area is 363 Å². The second-order valence-corrected chi connectivity index (χ2v) is 16.8. The number of halogens is 1. The zero-order valence-electron chi connectivity index (χ0n) is 34.2. The summed E-state index contributed by atoms with van der Waals surface area (Å²) < 4.78 is 25.6. The lowest BCUT2D eigenvalue weighted by atomic mass is 9.89. The zero-order chi connectivity index (χ0) is 42.8. The number of carbonyl (C=O) groups is 1. The molecule has 6 aromatic rings. The molecule has 0 radical (unpaired) electrons. The van der Waals surface area contributed by atoms with Gasteiger partial charge in [-0.05, 0) is 117 Å². The van der Waals surface area contributed by atoms with Gasteiger partial charge in [0.1, 0.15) is 40.2 Å². The Kier molecular flexibility index (Phi) is 11.6. The predicted octanol–water partition coefficient (Wildman–Crippen LogP) is 7.27. The molecule has 2 aliphatic heterocycles. The van der Waals surface area contributed by atoms with Crippen molar-refractivity contribution in [1.29, 1.82) is 5.26 Å². The molecule has 15 heteroatoms. The first-order valence-corrected chi connectivity index (χ1v) is 21.3. The van der Waals surface area contributed by atoms with E-state index in [0.717, 1.165) is 85.3 Å². The fraction of sp³-hybridized carbons (Fsp3) is 0.340. The van der Waals surface area contributed by atoms with Crippen molar-refractivity contribution in [2.45, 2.75) is 56.3 Å². The average Bonchev–Trinajstić information content (AvgIpc) is 3.78. The van der Waals surface area contributed by atoms with Crippen LogP contribution in [0.15, 0.2) is 96.1 Å². The third-order valence-electron chi connectivity index (χ3n) is 12.1. The molecule has 3 fully saturated rings. The van der Waals surface area contributed by atoms with Crippen LogP contribution in [0.2, 0.25) is 5.02 Å². The van der Waals surface area contributed by atoms with Gasteiger partial charge in [0.2, 0.25) is 0 Å². The Morgan fingerprint density at radius 2 is 1.71 bits per heavy atom. The number of nitrogens with one attached hydrogen (secondary N) is 2. The van der Waals surface area contributed by atoms with Crippen molar-refractivity contribution in [3.63, 3.8) is 0 Å². The largest absolute Gasteiger partial charge is 0.493 e. The number of aliphatic hydroxyl groups is 1. The van der Waals surface area contributed by atoms with Gasteiger partial charge in [0.15, 0.2) is 11.5 Å². The lowest BCUT2D eigenvalue weighted by Gasteiger charge is -2.37. The van der Waals surface area contributed by atoms with Gasteiger partial charge < -0.3 is 43.8 Å². The number of rotatable bonds is 12. The van der Waals surface area contributed by atoms with Crippen molar-refractivity contribution in [1.82, 2.24) is 25.1 Å². The average molecular weight is 856 g/mol. The maximum atomic E-state index is 13.0.